The highest BCUT2D eigenvalue weighted by Crippen LogP contribution is 2.18. The highest BCUT2D eigenvalue weighted by Gasteiger charge is 1.93. The summed E-state index contributed by atoms with van der Waals surface area (Å²) in [5, 5.41) is 2.56. The second kappa shape index (κ2) is 5.41. The summed E-state index contributed by atoms with van der Waals surface area (Å²) in [5.41, 5.74) is 2.43. The molecule has 0 amide bonds. The van der Waals surface area contributed by atoms with E-state index in [1.54, 1.807) is 0 Å². The molecule has 0 radical (unpaired) electrons. The molecule has 0 fully saturated rings. The Kier molecular flexibility index (Phi) is 3.47. The molecule has 1 heteroatoms. The van der Waals surface area contributed by atoms with Gasteiger partial charge in [0.15, 0.2) is 0 Å². The van der Waals surface area contributed by atoms with Gasteiger partial charge in [0, 0.05) is 4.47 Å². The maximum Gasteiger partial charge on any atom is 0.0175 e. The van der Waals surface area contributed by atoms with Gasteiger partial charge in [-0.3, -0.25) is 0 Å². The predicted molar refractivity (Wildman–Crippen MR) is 87.0 cm³/mol. The van der Waals surface area contributed by atoms with Crippen LogP contribution < -0.4 is 0 Å². The first-order chi connectivity index (χ1) is 9.31. The minimum Gasteiger partial charge on any atom is -0.0616 e. The van der Waals surface area contributed by atoms with E-state index in [4.69, 9.17) is 0 Å². The number of hydrogen-bond donors (Lipinski definition) is 0. The van der Waals surface area contributed by atoms with E-state index in [9.17, 15) is 0 Å². The van der Waals surface area contributed by atoms with E-state index in [1.165, 1.54) is 21.9 Å². The lowest BCUT2D eigenvalue weighted by molar-refractivity contribution is 1.61. The van der Waals surface area contributed by atoms with E-state index in [-0.39, 0.29) is 0 Å². The van der Waals surface area contributed by atoms with Gasteiger partial charge >= 0.3 is 0 Å². The third-order valence-electron chi connectivity index (χ3n) is 3.11. The van der Waals surface area contributed by atoms with Crippen LogP contribution in [-0.2, 0) is 0 Å². The first-order valence-corrected chi connectivity index (χ1v) is 7.03. The molecule has 19 heavy (non-hydrogen) atoms. The van der Waals surface area contributed by atoms with E-state index < -0.39 is 0 Å². The molecule has 0 N–H and O–H groups in total. The van der Waals surface area contributed by atoms with Crippen LogP contribution in [0, 0.1) is 0 Å². The highest BCUT2D eigenvalue weighted by molar-refractivity contribution is 9.10. The lowest BCUT2D eigenvalue weighted by Gasteiger charge is -1.99. The molecule has 0 bridgehead atoms. The first kappa shape index (κ1) is 12.2. The molecule has 0 heterocycles. The molecule has 0 nitrogen and oxygen atoms in total. The molecular weight excluding hydrogens is 296 g/mol. The van der Waals surface area contributed by atoms with E-state index in [0.29, 0.717) is 0 Å². The zero-order chi connectivity index (χ0) is 13.1. The van der Waals surface area contributed by atoms with Crippen LogP contribution in [0.3, 0.4) is 0 Å². The predicted octanol–water partition coefficient (Wildman–Crippen LogP) is 5.77. The third kappa shape index (κ3) is 2.94. The van der Waals surface area contributed by atoms with Gasteiger partial charge in [0.05, 0.1) is 0 Å². The first-order valence-electron chi connectivity index (χ1n) is 6.24. The number of halogens is 1. The van der Waals surface area contributed by atoms with Crippen LogP contribution in [0.4, 0.5) is 0 Å². The second-order valence-electron chi connectivity index (χ2n) is 4.49. The van der Waals surface area contributed by atoms with Crippen molar-refractivity contribution in [1.29, 1.82) is 0 Å². The Morgan fingerprint density at radius 1 is 0.632 bits per heavy atom. The topological polar surface area (TPSA) is 0 Å². The van der Waals surface area contributed by atoms with Crippen LogP contribution in [0.1, 0.15) is 11.1 Å². The molecule has 0 aliphatic carbocycles. The van der Waals surface area contributed by atoms with Crippen molar-refractivity contribution >= 4 is 38.9 Å². The summed E-state index contributed by atoms with van der Waals surface area (Å²) in [6, 6.07) is 23.3. The Labute approximate surface area is 121 Å². The summed E-state index contributed by atoms with van der Waals surface area (Å²) in [5.74, 6) is 0. The lowest BCUT2D eigenvalue weighted by Crippen LogP contribution is -1.75. The normalized spacial score (nSPS) is 11.2. The van der Waals surface area contributed by atoms with Crippen LogP contribution in [0.2, 0.25) is 0 Å². The Hall–Kier alpha value is -1.86. The van der Waals surface area contributed by atoms with Crippen molar-refractivity contribution in [3.8, 4) is 0 Å². The fraction of sp³-hybridized carbons (Fsp3) is 0. The summed E-state index contributed by atoms with van der Waals surface area (Å²) in [7, 11) is 0. The monoisotopic (exact) mass is 308 g/mol. The standard InChI is InChI=1S/C18H13Br/c19-18-11-8-14(9-12-18)5-6-15-7-10-16-3-1-2-4-17(16)13-15/h1-13H/b6-5+. The van der Waals surface area contributed by atoms with Crippen molar-refractivity contribution < 1.29 is 0 Å². The Bertz CT molecular complexity index is 724. The van der Waals surface area contributed by atoms with Crippen molar-refractivity contribution in [3.05, 3.63) is 82.3 Å². The second-order valence-corrected chi connectivity index (χ2v) is 5.41. The molecular formula is C18H13Br. The summed E-state index contributed by atoms with van der Waals surface area (Å²) < 4.78 is 1.11. The lowest BCUT2D eigenvalue weighted by atomic mass is 10.1. The highest BCUT2D eigenvalue weighted by atomic mass is 79.9. The largest absolute Gasteiger partial charge is 0.0616 e. The summed E-state index contributed by atoms with van der Waals surface area (Å²) in [4.78, 5) is 0. The van der Waals surface area contributed by atoms with Gasteiger partial charge in [-0.1, -0.05) is 76.6 Å². The number of fused-ring (bicyclic) bond motifs is 1. The van der Waals surface area contributed by atoms with Crippen LogP contribution >= 0.6 is 15.9 Å². The van der Waals surface area contributed by atoms with Gasteiger partial charge in [0.25, 0.3) is 0 Å². The van der Waals surface area contributed by atoms with Gasteiger partial charge in [-0.15, -0.1) is 0 Å². The zero-order valence-corrected chi connectivity index (χ0v) is 12.0. The van der Waals surface area contributed by atoms with Gasteiger partial charge < -0.3 is 0 Å². The molecule has 0 atom stereocenters. The van der Waals surface area contributed by atoms with E-state index in [2.05, 4.69) is 94.8 Å². The Morgan fingerprint density at radius 3 is 2.05 bits per heavy atom. The van der Waals surface area contributed by atoms with E-state index in [1.807, 2.05) is 0 Å². The van der Waals surface area contributed by atoms with Crippen molar-refractivity contribution in [2.45, 2.75) is 0 Å². The van der Waals surface area contributed by atoms with Crippen LogP contribution in [-0.4, -0.2) is 0 Å². The average molecular weight is 309 g/mol. The molecule has 0 saturated carbocycles. The van der Waals surface area contributed by atoms with E-state index in [0.717, 1.165) is 4.47 Å². The van der Waals surface area contributed by atoms with Gasteiger partial charge in [0.1, 0.15) is 0 Å². The maximum atomic E-state index is 3.44. The van der Waals surface area contributed by atoms with E-state index >= 15 is 0 Å². The Balaban J connectivity index is 1.90. The van der Waals surface area contributed by atoms with Crippen molar-refractivity contribution in [2.75, 3.05) is 0 Å². The molecule has 3 aromatic rings. The minimum atomic E-state index is 1.11. The molecule has 3 aromatic carbocycles. The van der Waals surface area contributed by atoms with Crippen LogP contribution in [0.15, 0.2) is 71.2 Å². The van der Waals surface area contributed by atoms with Crippen molar-refractivity contribution in [1.82, 2.24) is 0 Å². The number of hydrogen-bond acceptors (Lipinski definition) is 0. The SMILES string of the molecule is Brc1ccc(/C=C/c2ccc3ccccc3c2)cc1. The average Bonchev–Trinajstić information content (AvgIpc) is 2.46. The molecule has 3 rings (SSSR count). The number of rotatable bonds is 2. The quantitative estimate of drug-likeness (QED) is 0.527. The molecule has 92 valence electrons. The van der Waals surface area contributed by atoms with Gasteiger partial charge in [-0.2, -0.15) is 0 Å². The van der Waals surface area contributed by atoms with Crippen molar-refractivity contribution in [2.24, 2.45) is 0 Å². The summed E-state index contributed by atoms with van der Waals surface area (Å²) >= 11 is 3.44. The molecule has 0 spiro atoms. The van der Waals surface area contributed by atoms with Gasteiger partial charge in [-0.05, 0) is 40.1 Å². The molecule has 0 aromatic heterocycles. The fourth-order valence-corrected chi connectivity index (χ4v) is 2.34. The van der Waals surface area contributed by atoms with Gasteiger partial charge in [-0.25, -0.2) is 0 Å². The smallest absolute Gasteiger partial charge is 0.0175 e. The number of benzene rings is 3. The molecule has 0 saturated heterocycles. The summed E-state index contributed by atoms with van der Waals surface area (Å²) in [6.45, 7) is 0. The minimum absolute atomic E-state index is 1.11. The van der Waals surface area contributed by atoms with Crippen molar-refractivity contribution in [3.63, 3.8) is 0 Å². The van der Waals surface area contributed by atoms with Crippen LogP contribution in [0.5, 0.6) is 0 Å². The van der Waals surface area contributed by atoms with Crippen LogP contribution in [0.25, 0.3) is 22.9 Å². The molecule has 0 unspecified atom stereocenters. The zero-order valence-electron chi connectivity index (χ0n) is 10.4. The third-order valence-corrected chi connectivity index (χ3v) is 3.64. The molecule has 0 aliphatic heterocycles. The maximum absolute atomic E-state index is 3.44. The molecule has 0 aliphatic rings. The van der Waals surface area contributed by atoms with Gasteiger partial charge in [0.2, 0.25) is 0 Å². The summed E-state index contributed by atoms with van der Waals surface area (Å²) in [6.07, 6.45) is 4.28. The Morgan fingerprint density at radius 2 is 1.26 bits per heavy atom. The fourth-order valence-electron chi connectivity index (χ4n) is 2.08.